The number of hydrogen-bond donors (Lipinski definition) is 4. The van der Waals surface area contributed by atoms with Crippen molar-refractivity contribution in [2.45, 2.75) is 26.4 Å². The zero-order chi connectivity index (χ0) is 22.1. The molecule has 0 aliphatic carbocycles. The van der Waals surface area contributed by atoms with Gasteiger partial charge in [-0.25, -0.2) is 4.39 Å². The Hall–Kier alpha value is -3.52. The minimum atomic E-state index is -0.583. The van der Waals surface area contributed by atoms with Crippen LogP contribution >= 0.6 is 11.6 Å². The fraction of sp³-hybridized carbons (Fsp3) is 0.182. The topological polar surface area (TPSA) is 107 Å². The van der Waals surface area contributed by atoms with Crippen molar-refractivity contribution in [3.8, 4) is 5.75 Å². The molecule has 0 unspecified atom stereocenters. The average Bonchev–Trinajstić information content (AvgIpc) is 3.25. The first kappa shape index (κ1) is 20.7. The average molecular weight is 443 g/mol. The molecule has 9 heteroatoms. The fourth-order valence-corrected chi connectivity index (χ4v) is 3.88. The molecule has 4 aromatic rings. The lowest BCUT2D eigenvalue weighted by atomic mass is 9.85. The third-order valence-electron chi connectivity index (χ3n) is 5.26. The van der Waals surface area contributed by atoms with E-state index in [0.29, 0.717) is 33.3 Å². The number of hydrogen-bond acceptors (Lipinski definition) is 3. The molecule has 0 fully saturated rings. The lowest BCUT2D eigenvalue weighted by molar-refractivity contribution is 0.300. The molecule has 160 valence electrons. The number of ether oxygens (including phenoxy) is 1. The molecule has 0 amide bonds. The summed E-state index contributed by atoms with van der Waals surface area (Å²) in [5.74, 6) is -0.519. The lowest BCUT2D eigenvalue weighted by Gasteiger charge is -2.16. The number of nitrogens with one attached hydrogen (secondary N) is 4. The zero-order valence-corrected chi connectivity index (χ0v) is 17.6. The molecule has 0 bridgehead atoms. The van der Waals surface area contributed by atoms with Gasteiger partial charge in [-0.15, -0.1) is 0 Å². The van der Waals surface area contributed by atoms with Gasteiger partial charge in [-0.05, 0) is 43.7 Å². The highest BCUT2D eigenvalue weighted by Crippen LogP contribution is 2.32. The van der Waals surface area contributed by atoms with Crippen LogP contribution in [-0.4, -0.2) is 20.4 Å². The fourth-order valence-electron chi connectivity index (χ4n) is 3.67. The van der Waals surface area contributed by atoms with Crippen LogP contribution in [-0.2, 0) is 6.61 Å². The Kier molecular flexibility index (Phi) is 5.56. The number of halogens is 2. The molecule has 7 nitrogen and oxygen atoms in total. The van der Waals surface area contributed by atoms with Gasteiger partial charge in [0.2, 0.25) is 0 Å². The Morgan fingerprint density at radius 1 is 0.903 bits per heavy atom. The highest BCUT2D eigenvalue weighted by atomic mass is 35.5. The highest BCUT2D eigenvalue weighted by molar-refractivity contribution is 6.31. The maximum absolute atomic E-state index is 14.0. The zero-order valence-electron chi connectivity index (χ0n) is 16.8. The van der Waals surface area contributed by atoms with E-state index in [1.807, 2.05) is 0 Å². The largest absolute Gasteiger partial charge is 0.489 e. The summed E-state index contributed by atoms with van der Waals surface area (Å²) in [6.45, 7) is 3.51. The van der Waals surface area contributed by atoms with Gasteiger partial charge in [-0.3, -0.25) is 19.8 Å². The Bertz CT molecular complexity index is 1260. The van der Waals surface area contributed by atoms with Crippen LogP contribution in [0.15, 0.2) is 52.1 Å². The summed E-state index contributed by atoms with van der Waals surface area (Å²) >= 11 is 6.04. The quantitative estimate of drug-likeness (QED) is 0.364. The summed E-state index contributed by atoms with van der Waals surface area (Å²) in [6.07, 6.45) is 0. The third-order valence-corrected chi connectivity index (χ3v) is 5.61. The van der Waals surface area contributed by atoms with Gasteiger partial charge in [0.15, 0.2) is 0 Å². The van der Waals surface area contributed by atoms with E-state index in [4.69, 9.17) is 16.3 Å². The molecule has 0 aliphatic rings. The van der Waals surface area contributed by atoms with Crippen LogP contribution in [0.25, 0.3) is 0 Å². The molecule has 31 heavy (non-hydrogen) atoms. The van der Waals surface area contributed by atoms with Gasteiger partial charge in [0.05, 0.1) is 16.1 Å². The van der Waals surface area contributed by atoms with Crippen LogP contribution in [0.1, 0.15) is 39.6 Å². The van der Waals surface area contributed by atoms with E-state index in [1.165, 1.54) is 12.1 Å². The molecular weight excluding hydrogens is 423 g/mol. The van der Waals surface area contributed by atoms with Gasteiger partial charge in [-0.2, -0.15) is 0 Å². The van der Waals surface area contributed by atoms with Crippen LogP contribution in [0.5, 0.6) is 5.75 Å². The minimum Gasteiger partial charge on any atom is -0.489 e. The van der Waals surface area contributed by atoms with Crippen LogP contribution < -0.4 is 15.9 Å². The van der Waals surface area contributed by atoms with Crippen molar-refractivity contribution in [1.82, 2.24) is 20.4 Å². The van der Waals surface area contributed by atoms with Crippen molar-refractivity contribution in [2.75, 3.05) is 0 Å². The Morgan fingerprint density at radius 3 is 1.97 bits per heavy atom. The molecule has 0 radical (unpaired) electrons. The van der Waals surface area contributed by atoms with Crippen molar-refractivity contribution >= 4 is 11.6 Å². The van der Waals surface area contributed by atoms with Crippen LogP contribution in [0.3, 0.4) is 0 Å². The van der Waals surface area contributed by atoms with Gasteiger partial charge in [0, 0.05) is 22.9 Å². The van der Waals surface area contributed by atoms with Crippen LogP contribution in [0, 0.1) is 19.7 Å². The van der Waals surface area contributed by atoms with Gasteiger partial charge >= 0.3 is 0 Å². The second kappa shape index (κ2) is 8.31. The second-order valence-electron chi connectivity index (χ2n) is 7.23. The molecule has 0 atom stereocenters. The summed E-state index contributed by atoms with van der Waals surface area (Å²) < 4.78 is 19.6. The molecule has 0 saturated heterocycles. The van der Waals surface area contributed by atoms with Crippen LogP contribution in [0.4, 0.5) is 4.39 Å². The molecular formula is C22H20ClFN4O3. The SMILES string of the molecule is Cc1[nH][nH]c(=O)c1C(c1ccc(OCc2c(F)cccc2Cl)cc1)c1c(C)[nH][nH]c1=O. The van der Waals surface area contributed by atoms with E-state index in [0.717, 1.165) is 5.56 Å². The molecule has 2 aromatic carbocycles. The smallest absolute Gasteiger partial charge is 0.268 e. The molecule has 0 spiro atoms. The molecule has 4 N–H and O–H groups in total. The normalized spacial score (nSPS) is 11.3. The van der Waals surface area contributed by atoms with E-state index in [-0.39, 0.29) is 23.3 Å². The maximum Gasteiger partial charge on any atom is 0.268 e. The van der Waals surface area contributed by atoms with Gasteiger partial charge < -0.3 is 14.9 Å². The number of aromatic nitrogens is 4. The van der Waals surface area contributed by atoms with Gasteiger partial charge in [-0.1, -0.05) is 29.8 Å². The first-order valence-corrected chi connectivity index (χ1v) is 9.94. The molecule has 0 saturated carbocycles. The van der Waals surface area contributed by atoms with E-state index in [1.54, 1.807) is 44.2 Å². The van der Waals surface area contributed by atoms with Gasteiger partial charge in [0.25, 0.3) is 11.1 Å². The lowest BCUT2D eigenvalue weighted by Crippen LogP contribution is -2.20. The molecule has 4 rings (SSSR count). The summed E-state index contributed by atoms with van der Waals surface area (Å²) in [5.41, 5.74) is 2.62. The Morgan fingerprint density at radius 2 is 1.48 bits per heavy atom. The first-order chi connectivity index (χ1) is 14.9. The first-order valence-electron chi connectivity index (χ1n) is 9.56. The molecule has 2 aromatic heterocycles. The number of H-pyrrole nitrogens is 4. The maximum atomic E-state index is 14.0. The number of aromatic amines is 4. The van der Waals surface area contributed by atoms with E-state index in [9.17, 15) is 14.0 Å². The third kappa shape index (κ3) is 3.94. The predicted molar refractivity (Wildman–Crippen MR) is 115 cm³/mol. The predicted octanol–water partition coefficient (Wildman–Crippen LogP) is 3.89. The molecule has 2 heterocycles. The van der Waals surface area contributed by atoms with Crippen molar-refractivity contribution < 1.29 is 9.13 Å². The van der Waals surface area contributed by atoms with Crippen molar-refractivity contribution in [3.05, 3.63) is 108 Å². The monoisotopic (exact) mass is 442 g/mol. The van der Waals surface area contributed by atoms with Crippen molar-refractivity contribution in [2.24, 2.45) is 0 Å². The minimum absolute atomic E-state index is 0.0263. The second-order valence-corrected chi connectivity index (χ2v) is 7.63. The van der Waals surface area contributed by atoms with Crippen molar-refractivity contribution in [3.63, 3.8) is 0 Å². The van der Waals surface area contributed by atoms with E-state index < -0.39 is 11.7 Å². The number of aryl methyl sites for hydroxylation is 2. The van der Waals surface area contributed by atoms with E-state index in [2.05, 4.69) is 20.4 Å². The number of benzene rings is 2. The van der Waals surface area contributed by atoms with Gasteiger partial charge in [0.1, 0.15) is 18.2 Å². The van der Waals surface area contributed by atoms with E-state index >= 15 is 0 Å². The van der Waals surface area contributed by atoms with Crippen molar-refractivity contribution in [1.29, 1.82) is 0 Å². The number of rotatable bonds is 6. The summed E-state index contributed by atoms with van der Waals surface area (Å²) in [5, 5.41) is 11.1. The standard InChI is InChI=1S/C22H20ClFN4O3/c1-11-18(21(29)27-25-11)20(19-12(2)26-28-22(19)30)13-6-8-14(9-7-13)31-10-15-16(23)4-3-5-17(15)24/h3-9,20H,10H2,1-2H3,(H2,25,27,29)(H2,26,28,30). The highest BCUT2D eigenvalue weighted by Gasteiger charge is 2.28. The Balaban J connectivity index is 1.68. The summed E-state index contributed by atoms with van der Waals surface area (Å²) in [4.78, 5) is 25.0. The summed E-state index contributed by atoms with van der Waals surface area (Å²) in [7, 11) is 0. The molecule has 0 aliphatic heterocycles. The summed E-state index contributed by atoms with van der Waals surface area (Å²) in [6, 6.07) is 11.4. The Labute approximate surface area is 181 Å². The van der Waals surface area contributed by atoms with Crippen LogP contribution in [0.2, 0.25) is 5.02 Å².